The van der Waals surface area contributed by atoms with E-state index < -0.39 is 0 Å². The minimum atomic E-state index is -0.0660. The predicted octanol–water partition coefficient (Wildman–Crippen LogP) is 0.511. The van der Waals surface area contributed by atoms with E-state index in [-0.39, 0.29) is 17.7 Å². The van der Waals surface area contributed by atoms with Crippen LogP contribution in [0.1, 0.15) is 34.1 Å². The molecule has 0 aromatic heterocycles. The van der Waals surface area contributed by atoms with Gasteiger partial charge in [-0.25, -0.2) is 0 Å². The minimum Gasteiger partial charge on any atom is -0.356 e. The normalized spacial score (nSPS) is 12.3. The Kier molecular flexibility index (Phi) is 9.28. The molecule has 0 bridgehead atoms. The summed E-state index contributed by atoms with van der Waals surface area (Å²) in [5, 5.41) is 8.71. The summed E-state index contributed by atoms with van der Waals surface area (Å²) in [5.41, 5.74) is 0. The van der Waals surface area contributed by atoms with E-state index in [9.17, 15) is 9.59 Å². The third-order valence-electron chi connectivity index (χ3n) is 2.51. The molecule has 2 amide bonds. The highest BCUT2D eigenvalue weighted by Crippen LogP contribution is 1.93. The number of amides is 2. The molecule has 1 atom stereocenters. The van der Waals surface area contributed by atoms with Crippen molar-refractivity contribution >= 4 is 11.8 Å². The molecule has 18 heavy (non-hydrogen) atoms. The highest BCUT2D eigenvalue weighted by Gasteiger charge is 2.11. The van der Waals surface area contributed by atoms with Crippen LogP contribution in [0.4, 0.5) is 0 Å². The molecule has 0 aliphatic heterocycles. The Morgan fingerprint density at radius 3 is 2.28 bits per heavy atom. The van der Waals surface area contributed by atoms with Gasteiger partial charge in [0.05, 0.1) is 0 Å². The average molecular weight is 257 g/mol. The summed E-state index contributed by atoms with van der Waals surface area (Å²) in [5.74, 6) is 0.364. The average Bonchev–Trinajstić information content (AvgIpc) is 2.33. The second-order valence-corrected chi connectivity index (χ2v) is 4.95. The zero-order chi connectivity index (χ0) is 14.0. The van der Waals surface area contributed by atoms with Crippen LogP contribution in [0.2, 0.25) is 0 Å². The van der Waals surface area contributed by atoms with Gasteiger partial charge in [-0.05, 0) is 12.5 Å². The largest absolute Gasteiger partial charge is 0.356 e. The SMILES string of the molecule is CCNCC(C)C(=O)NCCC(=O)NCC(C)C. The molecule has 0 heterocycles. The van der Waals surface area contributed by atoms with Crippen molar-refractivity contribution in [3.63, 3.8) is 0 Å². The van der Waals surface area contributed by atoms with E-state index in [1.807, 2.05) is 27.7 Å². The number of carbonyl (C=O) groups excluding carboxylic acids is 2. The summed E-state index contributed by atoms with van der Waals surface area (Å²) in [6.07, 6.45) is 0.340. The zero-order valence-electron chi connectivity index (χ0n) is 12.0. The lowest BCUT2D eigenvalue weighted by Gasteiger charge is -2.12. The van der Waals surface area contributed by atoms with E-state index in [1.54, 1.807) is 0 Å². The molecular formula is C13H27N3O2. The Morgan fingerprint density at radius 1 is 1.06 bits per heavy atom. The van der Waals surface area contributed by atoms with Crippen LogP contribution in [0.25, 0.3) is 0 Å². The summed E-state index contributed by atoms with van der Waals surface area (Å²) < 4.78 is 0. The van der Waals surface area contributed by atoms with E-state index in [4.69, 9.17) is 0 Å². The lowest BCUT2D eigenvalue weighted by Crippen LogP contribution is -2.37. The van der Waals surface area contributed by atoms with Crippen LogP contribution in [-0.2, 0) is 9.59 Å². The molecule has 0 aromatic rings. The predicted molar refractivity (Wildman–Crippen MR) is 73.2 cm³/mol. The molecule has 5 heteroatoms. The number of nitrogens with one attached hydrogen (secondary N) is 3. The van der Waals surface area contributed by atoms with E-state index in [0.717, 1.165) is 6.54 Å². The lowest BCUT2D eigenvalue weighted by atomic mass is 10.1. The van der Waals surface area contributed by atoms with Crippen molar-refractivity contribution < 1.29 is 9.59 Å². The van der Waals surface area contributed by atoms with Crippen molar-refractivity contribution in [1.29, 1.82) is 0 Å². The Bertz CT molecular complexity index is 255. The van der Waals surface area contributed by atoms with Gasteiger partial charge in [-0.1, -0.05) is 27.7 Å². The Morgan fingerprint density at radius 2 is 1.72 bits per heavy atom. The molecule has 0 aliphatic carbocycles. The molecule has 0 saturated heterocycles. The van der Waals surface area contributed by atoms with Gasteiger partial charge >= 0.3 is 0 Å². The number of rotatable bonds is 9. The maximum atomic E-state index is 11.6. The molecule has 0 saturated carbocycles. The molecule has 106 valence electrons. The fourth-order valence-corrected chi connectivity index (χ4v) is 1.33. The minimum absolute atomic E-state index is 0.00684. The first-order valence-electron chi connectivity index (χ1n) is 6.72. The maximum absolute atomic E-state index is 11.6. The molecule has 0 radical (unpaired) electrons. The maximum Gasteiger partial charge on any atom is 0.224 e. The second kappa shape index (κ2) is 9.88. The molecule has 1 unspecified atom stereocenters. The van der Waals surface area contributed by atoms with Crippen LogP contribution in [0.3, 0.4) is 0 Å². The second-order valence-electron chi connectivity index (χ2n) is 4.95. The topological polar surface area (TPSA) is 70.2 Å². The van der Waals surface area contributed by atoms with Gasteiger partial charge in [-0.15, -0.1) is 0 Å². The number of hydrogen-bond donors (Lipinski definition) is 3. The van der Waals surface area contributed by atoms with E-state index in [1.165, 1.54) is 0 Å². The third-order valence-corrected chi connectivity index (χ3v) is 2.51. The van der Waals surface area contributed by atoms with Crippen molar-refractivity contribution in [1.82, 2.24) is 16.0 Å². The number of carbonyl (C=O) groups is 2. The molecule has 3 N–H and O–H groups in total. The Labute approximate surface area is 110 Å². The van der Waals surface area contributed by atoms with E-state index in [0.29, 0.717) is 32.0 Å². The molecule has 0 aromatic carbocycles. The quantitative estimate of drug-likeness (QED) is 0.564. The van der Waals surface area contributed by atoms with Gasteiger partial charge in [0.15, 0.2) is 0 Å². The van der Waals surface area contributed by atoms with Gasteiger partial charge in [-0.2, -0.15) is 0 Å². The number of hydrogen-bond acceptors (Lipinski definition) is 3. The summed E-state index contributed by atoms with van der Waals surface area (Å²) in [6.45, 7) is 10.6. The third kappa shape index (κ3) is 8.98. The first-order chi connectivity index (χ1) is 8.47. The summed E-state index contributed by atoms with van der Waals surface area (Å²) in [6, 6.07) is 0. The van der Waals surface area contributed by atoms with Crippen molar-refractivity contribution in [3.8, 4) is 0 Å². The lowest BCUT2D eigenvalue weighted by molar-refractivity contribution is -0.124. The van der Waals surface area contributed by atoms with Crippen molar-refractivity contribution in [3.05, 3.63) is 0 Å². The van der Waals surface area contributed by atoms with Gasteiger partial charge < -0.3 is 16.0 Å². The first-order valence-corrected chi connectivity index (χ1v) is 6.72. The molecule has 0 spiro atoms. The fraction of sp³-hybridized carbons (Fsp3) is 0.846. The van der Waals surface area contributed by atoms with E-state index in [2.05, 4.69) is 16.0 Å². The zero-order valence-corrected chi connectivity index (χ0v) is 12.0. The molecule has 0 fully saturated rings. The Hall–Kier alpha value is -1.10. The smallest absolute Gasteiger partial charge is 0.224 e. The van der Waals surface area contributed by atoms with Crippen molar-refractivity contribution in [2.24, 2.45) is 11.8 Å². The summed E-state index contributed by atoms with van der Waals surface area (Å²) >= 11 is 0. The van der Waals surface area contributed by atoms with Gasteiger partial charge in [0.25, 0.3) is 0 Å². The van der Waals surface area contributed by atoms with Crippen LogP contribution in [0.15, 0.2) is 0 Å². The standard InChI is InChI=1S/C13H27N3O2/c1-5-14-9-11(4)13(18)15-7-6-12(17)16-8-10(2)3/h10-11,14H,5-9H2,1-4H3,(H,15,18)(H,16,17). The molecule has 0 aliphatic rings. The van der Waals surface area contributed by atoms with Crippen LogP contribution in [-0.4, -0.2) is 38.0 Å². The van der Waals surface area contributed by atoms with Gasteiger partial charge in [0.2, 0.25) is 11.8 Å². The van der Waals surface area contributed by atoms with Crippen LogP contribution < -0.4 is 16.0 Å². The van der Waals surface area contributed by atoms with Gasteiger partial charge in [0.1, 0.15) is 0 Å². The monoisotopic (exact) mass is 257 g/mol. The van der Waals surface area contributed by atoms with Crippen LogP contribution in [0, 0.1) is 11.8 Å². The fourth-order valence-electron chi connectivity index (χ4n) is 1.33. The molecular weight excluding hydrogens is 230 g/mol. The molecule has 0 rings (SSSR count). The highest BCUT2D eigenvalue weighted by molar-refractivity contribution is 5.80. The molecule has 5 nitrogen and oxygen atoms in total. The van der Waals surface area contributed by atoms with Crippen molar-refractivity contribution in [2.45, 2.75) is 34.1 Å². The van der Waals surface area contributed by atoms with Gasteiger partial charge in [0, 0.05) is 32.0 Å². The van der Waals surface area contributed by atoms with Gasteiger partial charge in [-0.3, -0.25) is 9.59 Å². The van der Waals surface area contributed by atoms with E-state index >= 15 is 0 Å². The van der Waals surface area contributed by atoms with Crippen LogP contribution >= 0.6 is 0 Å². The summed E-state index contributed by atoms with van der Waals surface area (Å²) in [7, 11) is 0. The van der Waals surface area contributed by atoms with Crippen LogP contribution in [0.5, 0.6) is 0 Å². The van der Waals surface area contributed by atoms with Crippen molar-refractivity contribution in [2.75, 3.05) is 26.2 Å². The summed E-state index contributed by atoms with van der Waals surface area (Å²) in [4.78, 5) is 23.0. The Balaban J connectivity index is 3.64. The highest BCUT2D eigenvalue weighted by atomic mass is 16.2. The first kappa shape index (κ1) is 16.9.